The van der Waals surface area contributed by atoms with Crippen LogP contribution in [0.1, 0.15) is 11.1 Å². The van der Waals surface area contributed by atoms with Crippen LogP contribution < -0.4 is 4.72 Å². The van der Waals surface area contributed by atoms with E-state index in [0.29, 0.717) is 0 Å². The van der Waals surface area contributed by atoms with Gasteiger partial charge in [-0.3, -0.25) is 4.72 Å². The lowest BCUT2D eigenvalue weighted by Crippen LogP contribution is -2.12. The fourth-order valence-corrected chi connectivity index (χ4v) is 2.67. The first-order valence-corrected chi connectivity index (χ1v) is 7.23. The van der Waals surface area contributed by atoms with Crippen molar-refractivity contribution in [2.24, 2.45) is 0 Å². The molecule has 6 heteroatoms. The van der Waals surface area contributed by atoms with E-state index in [0.717, 1.165) is 5.56 Å². The van der Waals surface area contributed by atoms with E-state index in [4.69, 9.17) is 5.26 Å². The molecular weight excluding hydrogens is 276 g/mol. The zero-order valence-electron chi connectivity index (χ0n) is 10.7. The van der Waals surface area contributed by atoms with Gasteiger partial charge in [-0.15, -0.1) is 0 Å². The lowest BCUT2D eigenvalue weighted by molar-refractivity contribution is 0.473. The maximum Gasteiger partial charge on any atom is 0.261 e. The third-order valence-electron chi connectivity index (χ3n) is 2.70. The highest BCUT2D eigenvalue weighted by atomic mass is 32.2. The Bertz CT molecular complexity index is 775. The molecule has 0 saturated heterocycles. The van der Waals surface area contributed by atoms with Crippen LogP contribution in [0.3, 0.4) is 0 Å². The summed E-state index contributed by atoms with van der Waals surface area (Å²) in [7, 11) is -3.71. The van der Waals surface area contributed by atoms with Crippen molar-refractivity contribution in [1.82, 2.24) is 0 Å². The minimum atomic E-state index is -3.71. The van der Waals surface area contributed by atoms with Crippen LogP contribution in [0.4, 0.5) is 5.69 Å². The summed E-state index contributed by atoms with van der Waals surface area (Å²) in [5.74, 6) is -0.189. The summed E-state index contributed by atoms with van der Waals surface area (Å²) in [5, 5.41) is 18.2. The third-order valence-corrected chi connectivity index (χ3v) is 4.10. The molecule has 2 N–H and O–H groups in total. The summed E-state index contributed by atoms with van der Waals surface area (Å²) in [6, 6.07) is 12.1. The molecule has 0 spiro atoms. The van der Waals surface area contributed by atoms with Crippen LogP contribution in [0.15, 0.2) is 47.4 Å². The lowest BCUT2D eigenvalue weighted by atomic mass is 10.2. The van der Waals surface area contributed by atoms with Gasteiger partial charge in [0.15, 0.2) is 0 Å². The van der Waals surface area contributed by atoms with E-state index in [1.807, 2.05) is 6.92 Å². The number of aryl methyl sites for hydroxylation is 1. The molecule has 0 heterocycles. The molecule has 2 aromatic carbocycles. The van der Waals surface area contributed by atoms with Crippen LogP contribution in [-0.2, 0) is 10.0 Å². The molecule has 2 aromatic rings. The molecular formula is C14H12N2O3S. The summed E-state index contributed by atoms with van der Waals surface area (Å²) < 4.78 is 26.6. The lowest BCUT2D eigenvalue weighted by Gasteiger charge is -2.09. The number of hydrogen-bond donors (Lipinski definition) is 2. The maximum absolute atomic E-state index is 12.1. The van der Waals surface area contributed by atoms with E-state index in [9.17, 15) is 13.5 Å². The number of nitrogens with one attached hydrogen (secondary N) is 1. The molecule has 0 aliphatic rings. The molecule has 20 heavy (non-hydrogen) atoms. The van der Waals surface area contributed by atoms with Gasteiger partial charge in [0.1, 0.15) is 11.8 Å². The molecule has 0 aliphatic heterocycles. The van der Waals surface area contributed by atoms with Crippen molar-refractivity contribution in [3.8, 4) is 11.8 Å². The van der Waals surface area contributed by atoms with Crippen LogP contribution in [0.25, 0.3) is 0 Å². The van der Waals surface area contributed by atoms with E-state index in [1.54, 1.807) is 18.2 Å². The standard InChI is InChI=1S/C14H12N2O3S/c1-10-2-5-13(6-3-10)20(18,19)16-12-4-7-14(17)11(8-12)9-15/h2-8,16-17H,1H3. The SMILES string of the molecule is Cc1ccc(S(=O)(=O)Nc2ccc(O)c(C#N)c2)cc1. The Balaban J connectivity index is 2.34. The van der Waals surface area contributed by atoms with Gasteiger partial charge in [-0.1, -0.05) is 17.7 Å². The molecule has 2 rings (SSSR count). The predicted molar refractivity (Wildman–Crippen MR) is 74.8 cm³/mol. The number of benzene rings is 2. The summed E-state index contributed by atoms with van der Waals surface area (Å²) >= 11 is 0. The number of nitriles is 1. The van der Waals surface area contributed by atoms with Crippen molar-refractivity contribution in [1.29, 1.82) is 5.26 Å². The van der Waals surface area contributed by atoms with Gasteiger partial charge in [0, 0.05) is 0 Å². The Kier molecular flexibility index (Phi) is 3.63. The number of nitrogens with zero attached hydrogens (tertiary/aromatic N) is 1. The van der Waals surface area contributed by atoms with Gasteiger partial charge in [-0.05, 0) is 37.3 Å². The summed E-state index contributed by atoms with van der Waals surface area (Å²) in [4.78, 5) is 0.134. The van der Waals surface area contributed by atoms with Crippen LogP contribution >= 0.6 is 0 Å². The fourth-order valence-electron chi connectivity index (χ4n) is 1.62. The Labute approximate surface area is 117 Å². The molecule has 0 atom stereocenters. The largest absolute Gasteiger partial charge is 0.507 e. The molecule has 5 nitrogen and oxygen atoms in total. The van der Waals surface area contributed by atoms with Crippen LogP contribution in [0.5, 0.6) is 5.75 Å². The number of hydrogen-bond acceptors (Lipinski definition) is 4. The minimum absolute atomic E-state index is 0.00843. The van der Waals surface area contributed by atoms with Crippen LogP contribution in [0, 0.1) is 18.3 Å². The van der Waals surface area contributed by atoms with Gasteiger partial charge >= 0.3 is 0 Å². The Hall–Kier alpha value is -2.52. The summed E-state index contributed by atoms with van der Waals surface area (Å²) in [6.07, 6.45) is 0. The first-order valence-electron chi connectivity index (χ1n) is 5.75. The second kappa shape index (κ2) is 5.23. The van der Waals surface area contributed by atoms with Crippen molar-refractivity contribution in [3.05, 3.63) is 53.6 Å². The first-order chi connectivity index (χ1) is 9.42. The summed E-state index contributed by atoms with van der Waals surface area (Å²) in [5.41, 5.74) is 1.19. The smallest absolute Gasteiger partial charge is 0.261 e. The normalized spacial score (nSPS) is 10.8. The quantitative estimate of drug-likeness (QED) is 0.848. The van der Waals surface area contributed by atoms with E-state index < -0.39 is 10.0 Å². The van der Waals surface area contributed by atoms with Crippen molar-refractivity contribution < 1.29 is 13.5 Å². The second-order valence-corrected chi connectivity index (χ2v) is 5.94. The van der Waals surface area contributed by atoms with Gasteiger partial charge < -0.3 is 5.11 Å². The number of aromatic hydroxyl groups is 1. The zero-order valence-corrected chi connectivity index (χ0v) is 11.5. The minimum Gasteiger partial charge on any atom is -0.507 e. The number of phenols is 1. The maximum atomic E-state index is 12.1. The third kappa shape index (κ3) is 2.90. The van der Waals surface area contributed by atoms with Crippen molar-refractivity contribution in [2.45, 2.75) is 11.8 Å². The molecule has 0 aliphatic carbocycles. The number of sulfonamides is 1. The van der Waals surface area contributed by atoms with Gasteiger partial charge in [0.25, 0.3) is 10.0 Å². The van der Waals surface area contributed by atoms with Crippen molar-refractivity contribution >= 4 is 15.7 Å². The number of rotatable bonds is 3. The van der Waals surface area contributed by atoms with E-state index in [1.165, 1.54) is 30.3 Å². The highest BCUT2D eigenvalue weighted by molar-refractivity contribution is 7.92. The Morgan fingerprint density at radius 3 is 2.40 bits per heavy atom. The summed E-state index contributed by atoms with van der Waals surface area (Å²) in [6.45, 7) is 1.86. The predicted octanol–water partition coefficient (Wildman–Crippen LogP) is 2.37. The molecule has 0 radical (unpaired) electrons. The van der Waals surface area contributed by atoms with E-state index >= 15 is 0 Å². The average Bonchev–Trinajstić information content (AvgIpc) is 2.41. The zero-order chi connectivity index (χ0) is 14.8. The van der Waals surface area contributed by atoms with E-state index in [-0.39, 0.29) is 21.9 Å². The molecule has 0 saturated carbocycles. The topological polar surface area (TPSA) is 90.2 Å². The second-order valence-electron chi connectivity index (χ2n) is 4.26. The molecule has 0 bridgehead atoms. The molecule has 0 amide bonds. The highest BCUT2D eigenvalue weighted by Crippen LogP contribution is 2.23. The van der Waals surface area contributed by atoms with Crippen LogP contribution in [0.2, 0.25) is 0 Å². The molecule has 0 unspecified atom stereocenters. The van der Waals surface area contributed by atoms with Gasteiger partial charge in [-0.2, -0.15) is 5.26 Å². The number of anilines is 1. The number of phenolic OH excluding ortho intramolecular Hbond substituents is 1. The van der Waals surface area contributed by atoms with Crippen molar-refractivity contribution in [2.75, 3.05) is 4.72 Å². The van der Waals surface area contributed by atoms with Crippen molar-refractivity contribution in [3.63, 3.8) is 0 Å². The highest BCUT2D eigenvalue weighted by Gasteiger charge is 2.14. The Morgan fingerprint density at radius 2 is 1.80 bits per heavy atom. The Morgan fingerprint density at radius 1 is 1.15 bits per heavy atom. The molecule has 0 aromatic heterocycles. The van der Waals surface area contributed by atoms with E-state index in [2.05, 4.69) is 4.72 Å². The van der Waals surface area contributed by atoms with Gasteiger partial charge in [-0.25, -0.2) is 8.42 Å². The fraction of sp³-hybridized carbons (Fsp3) is 0.0714. The van der Waals surface area contributed by atoms with Gasteiger partial charge in [0.05, 0.1) is 16.1 Å². The average molecular weight is 288 g/mol. The monoisotopic (exact) mass is 288 g/mol. The first kappa shape index (κ1) is 13.9. The van der Waals surface area contributed by atoms with Crippen LogP contribution in [-0.4, -0.2) is 13.5 Å². The van der Waals surface area contributed by atoms with Gasteiger partial charge in [0.2, 0.25) is 0 Å². The molecule has 102 valence electrons. The molecule has 0 fully saturated rings.